The van der Waals surface area contributed by atoms with E-state index in [1.165, 1.54) is 0 Å². The number of rotatable bonds is 1. The van der Waals surface area contributed by atoms with Crippen molar-refractivity contribution in [3.8, 4) is 6.07 Å². The summed E-state index contributed by atoms with van der Waals surface area (Å²) in [5, 5.41) is 10.1. The quantitative estimate of drug-likeness (QED) is 0.672. The summed E-state index contributed by atoms with van der Waals surface area (Å²) < 4.78 is 35.0. The summed E-state index contributed by atoms with van der Waals surface area (Å²) in [4.78, 5) is 10.3. The van der Waals surface area contributed by atoms with Crippen molar-refractivity contribution in [1.82, 2.24) is 5.32 Å². The molecule has 13 heavy (non-hydrogen) atoms. The van der Waals surface area contributed by atoms with Gasteiger partial charge in [-0.3, -0.25) is 4.79 Å². The highest BCUT2D eigenvalue weighted by molar-refractivity contribution is 5.82. The van der Waals surface area contributed by atoms with Gasteiger partial charge in [-0.15, -0.1) is 0 Å². The Bertz CT molecular complexity index is 249. The number of nitrogens with zero attached hydrogens (tertiary/aromatic N) is 1. The molecular weight excluding hydrogens is 185 g/mol. The minimum atomic E-state index is -4.82. The summed E-state index contributed by atoms with van der Waals surface area (Å²) in [6.07, 6.45) is -4.19. The number of halogens is 3. The van der Waals surface area contributed by atoms with Crippen LogP contribution in [0.3, 0.4) is 0 Å². The lowest BCUT2D eigenvalue weighted by atomic mass is 9.81. The molecule has 0 heterocycles. The molecule has 1 aliphatic rings. The van der Waals surface area contributed by atoms with Crippen LogP contribution in [-0.4, -0.2) is 18.1 Å². The fourth-order valence-electron chi connectivity index (χ4n) is 1.11. The monoisotopic (exact) mass is 192 g/mol. The van der Waals surface area contributed by atoms with E-state index in [0.29, 0.717) is 12.8 Å². The lowest BCUT2D eigenvalue weighted by Gasteiger charge is -2.31. The molecule has 3 nitrogen and oxygen atoms in total. The lowest BCUT2D eigenvalue weighted by Crippen LogP contribution is -2.48. The van der Waals surface area contributed by atoms with Crippen LogP contribution in [0.4, 0.5) is 13.2 Å². The van der Waals surface area contributed by atoms with E-state index in [2.05, 4.69) is 0 Å². The third-order valence-corrected chi connectivity index (χ3v) is 1.91. The standard InChI is InChI=1S/C7H7F3N2O/c8-7(9,10)6(13)12-5-1-4(2-5)3-11/h4-5H,1-2H2,(H,12,13). The summed E-state index contributed by atoms with van der Waals surface area (Å²) in [5.74, 6) is -2.13. The van der Waals surface area contributed by atoms with Crippen LogP contribution in [-0.2, 0) is 4.79 Å². The topological polar surface area (TPSA) is 52.9 Å². The van der Waals surface area contributed by atoms with Crippen molar-refractivity contribution in [1.29, 1.82) is 5.26 Å². The van der Waals surface area contributed by atoms with Crippen LogP contribution in [0.1, 0.15) is 12.8 Å². The van der Waals surface area contributed by atoms with E-state index in [-0.39, 0.29) is 5.92 Å². The van der Waals surface area contributed by atoms with E-state index in [1.54, 1.807) is 5.32 Å². The third-order valence-electron chi connectivity index (χ3n) is 1.91. The third kappa shape index (κ3) is 2.34. The molecule has 0 aromatic rings. The Hall–Kier alpha value is -1.25. The minimum Gasteiger partial charge on any atom is -0.345 e. The van der Waals surface area contributed by atoms with Gasteiger partial charge in [-0.05, 0) is 12.8 Å². The Morgan fingerprint density at radius 1 is 1.46 bits per heavy atom. The van der Waals surface area contributed by atoms with Crippen LogP contribution in [0, 0.1) is 17.2 Å². The molecule has 1 saturated carbocycles. The van der Waals surface area contributed by atoms with Gasteiger partial charge in [0, 0.05) is 6.04 Å². The number of hydrogen-bond acceptors (Lipinski definition) is 2. The number of nitrogens with one attached hydrogen (secondary N) is 1. The van der Waals surface area contributed by atoms with E-state index in [9.17, 15) is 18.0 Å². The summed E-state index contributed by atoms with van der Waals surface area (Å²) in [5.41, 5.74) is 0. The van der Waals surface area contributed by atoms with E-state index >= 15 is 0 Å². The molecule has 6 heteroatoms. The molecule has 1 N–H and O–H groups in total. The zero-order valence-corrected chi connectivity index (χ0v) is 6.56. The molecule has 0 aromatic heterocycles. The molecule has 1 amide bonds. The van der Waals surface area contributed by atoms with Gasteiger partial charge >= 0.3 is 12.1 Å². The summed E-state index contributed by atoms with van der Waals surface area (Å²) in [6, 6.07) is 1.42. The zero-order valence-electron chi connectivity index (χ0n) is 6.56. The van der Waals surface area contributed by atoms with E-state index in [4.69, 9.17) is 5.26 Å². The molecule has 0 unspecified atom stereocenters. The smallest absolute Gasteiger partial charge is 0.345 e. The number of carbonyl (C=O) groups excluding carboxylic acids is 1. The van der Waals surface area contributed by atoms with E-state index < -0.39 is 18.1 Å². The molecular formula is C7H7F3N2O. The number of alkyl halides is 3. The van der Waals surface area contributed by atoms with Gasteiger partial charge in [0.05, 0.1) is 12.0 Å². The maximum absolute atomic E-state index is 11.7. The van der Waals surface area contributed by atoms with Gasteiger partial charge < -0.3 is 5.32 Å². The second kappa shape index (κ2) is 3.24. The van der Waals surface area contributed by atoms with E-state index in [1.807, 2.05) is 6.07 Å². The molecule has 0 spiro atoms. The predicted octanol–water partition coefficient (Wildman–Crippen LogP) is 0.967. The molecule has 0 aliphatic heterocycles. The maximum atomic E-state index is 11.7. The Morgan fingerprint density at radius 2 is 2.00 bits per heavy atom. The molecule has 72 valence electrons. The first-order valence-corrected chi connectivity index (χ1v) is 3.71. The summed E-state index contributed by atoms with van der Waals surface area (Å²) in [7, 11) is 0. The highest BCUT2D eigenvalue weighted by Gasteiger charge is 2.42. The second-order valence-corrected chi connectivity index (χ2v) is 2.97. The first-order chi connectivity index (χ1) is 5.93. The largest absolute Gasteiger partial charge is 0.471 e. The van der Waals surface area contributed by atoms with Crippen LogP contribution in [0.5, 0.6) is 0 Å². The van der Waals surface area contributed by atoms with Gasteiger partial charge in [0.25, 0.3) is 0 Å². The second-order valence-electron chi connectivity index (χ2n) is 2.97. The normalized spacial score (nSPS) is 27.2. The van der Waals surface area contributed by atoms with E-state index in [0.717, 1.165) is 0 Å². The lowest BCUT2D eigenvalue weighted by molar-refractivity contribution is -0.175. The molecule has 1 rings (SSSR count). The average molecular weight is 192 g/mol. The van der Waals surface area contributed by atoms with Gasteiger partial charge in [0.2, 0.25) is 0 Å². The average Bonchev–Trinajstić information content (AvgIpc) is 1.93. The Labute approximate surface area is 72.5 Å². The van der Waals surface area contributed by atoms with Gasteiger partial charge in [-0.25, -0.2) is 0 Å². The van der Waals surface area contributed by atoms with Crippen molar-refractivity contribution < 1.29 is 18.0 Å². The molecule has 0 saturated heterocycles. The van der Waals surface area contributed by atoms with Crippen LogP contribution in [0.15, 0.2) is 0 Å². The molecule has 1 aliphatic carbocycles. The van der Waals surface area contributed by atoms with Gasteiger partial charge in [0.1, 0.15) is 0 Å². The van der Waals surface area contributed by atoms with Crippen LogP contribution >= 0.6 is 0 Å². The number of nitriles is 1. The first kappa shape index (κ1) is 9.84. The fourth-order valence-corrected chi connectivity index (χ4v) is 1.11. The van der Waals surface area contributed by atoms with Gasteiger partial charge in [0.15, 0.2) is 0 Å². The van der Waals surface area contributed by atoms with Gasteiger partial charge in [-0.1, -0.05) is 0 Å². The van der Waals surface area contributed by atoms with Crippen LogP contribution < -0.4 is 5.32 Å². The maximum Gasteiger partial charge on any atom is 0.471 e. The van der Waals surface area contributed by atoms with Crippen molar-refractivity contribution in [2.45, 2.75) is 25.1 Å². The number of hydrogen-bond donors (Lipinski definition) is 1. The van der Waals surface area contributed by atoms with Crippen molar-refractivity contribution in [2.24, 2.45) is 5.92 Å². The Balaban J connectivity index is 2.30. The summed E-state index contributed by atoms with van der Waals surface area (Å²) in [6.45, 7) is 0. The van der Waals surface area contributed by atoms with Gasteiger partial charge in [-0.2, -0.15) is 18.4 Å². The Kier molecular flexibility index (Phi) is 2.45. The molecule has 0 aromatic carbocycles. The zero-order chi connectivity index (χ0) is 10.1. The Morgan fingerprint density at radius 3 is 2.38 bits per heavy atom. The summed E-state index contributed by atoms with van der Waals surface area (Å²) >= 11 is 0. The fraction of sp³-hybridized carbons (Fsp3) is 0.714. The highest BCUT2D eigenvalue weighted by Crippen LogP contribution is 2.27. The van der Waals surface area contributed by atoms with Crippen molar-refractivity contribution >= 4 is 5.91 Å². The van der Waals surface area contributed by atoms with Crippen molar-refractivity contribution in [3.63, 3.8) is 0 Å². The predicted molar refractivity (Wildman–Crippen MR) is 36.3 cm³/mol. The molecule has 0 radical (unpaired) electrons. The van der Waals surface area contributed by atoms with Crippen molar-refractivity contribution in [3.05, 3.63) is 0 Å². The SMILES string of the molecule is N#CC1CC(NC(=O)C(F)(F)F)C1. The first-order valence-electron chi connectivity index (χ1n) is 3.71. The molecule has 0 bridgehead atoms. The number of amides is 1. The minimum absolute atomic E-state index is 0.210. The highest BCUT2D eigenvalue weighted by atomic mass is 19.4. The molecule has 0 atom stereocenters. The van der Waals surface area contributed by atoms with Crippen LogP contribution in [0.25, 0.3) is 0 Å². The van der Waals surface area contributed by atoms with Crippen LogP contribution in [0.2, 0.25) is 0 Å². The number of carbonyl (C=O) groups is 1. The molecule has 1 fully saturated rings. The van der Waals surface area contributed by atoms with Crippen molar-refractivity contribution in [2.75, 3.05) is 0 Å².